The fourth-order valence-corrected chi connectivity index (χ4v) is 7.46. The summed E-state index contributed by atoms with van der Waals surface area (Å²) in [4.78, 5) is 12.4. The summed E-state index contributed by atoms with van der Waals surface area (Å²) < 4.78 is 5.58. The molecule has 0 aliphatic carbocycles. The van der Waals surface area contributed by atoms with E-state index in [1.165, 1.54) is 0 Å². The summed E-state index contributed by atoms with van der Waals surface area (Å²) in [6.45, 7) is -3.65. The molecule has 2 nitrogen and oxygen atoms in total. The maximum atomic E-state index is 12.4. The van der Waals surface area contributed by atoms with Crippen molar-refractivity contribution in [1.29, 1.82) is 0 Å². The molecule has 0 bridgehead atoms. The van der Waals surface area contributed by atoms with Crippen molar-refractivity contribution in [2.24, 2.45) is 0 Å². The maximum absolute atomic E-state index is 12.4. The van der Waals surface area contributed by atoms with Crippen LogP contribution in [0.15, 0.2) is 91.0 Å². The molecule has 3 aromatic carbocycles. The van der Waals surface area contributed by atoms with Gasteiger partial charge < -0.3 is 0 Å². The Bertz CT molecular complexity index is 658. The van der Waals surface area contributed by atoms with Gasteiger partial charge in [0.15, 0.2) is 0 Å². The second kappa shape index (κ2) is 6.25. The minimum atomic E-state index is -3.65. The van der Waals surface area contributed by atoms with Crippen molar-refractivity contribution in [3.8, 4) is 0 Å². The third-order valence-corrected chi connectivity index (χ3v) is 9.31. The van der Waals surface area contributed by atoms with Gasteiger partial charge in [-0.3, -0.25) is 0 Å². The van der Waals surface area contributed by atoms with Crippen LogP contribution in [-0.2, 0) is 4.74 Å². The molecule has 3 aromatic rings. The standard InChI is InChI=1S/C20H21O2P/c1-22-17-23(21,18-11-5-2-6-12-18,19-13-7-3-8-14-19)20-15-9-4-10-16-20/h2-16,21H,17H2,1H3. The molecule has 3 heteroatoms. The van der Waals surface area contributed by atoms with Crippen LogP contribution in [0.2, 0.25) is 0 Å². The molecule has 0 saturated heterocycles. The van der Waals surface area contributed by atoms with E-state index >= 15 is 0 Å². The van der Waals surface area contributed by atoms with Crippen LogP contribution >= 0.6 is 6.83 Å². The van der Waals surface area contributed by atoms with Gasteiger partial charge in [-0.05, 0) is 0 Å². The van der Waals surface area contributed by atoms with Crippen LogP contribution in [0.4, 0.5) is 0 Å². The van der Waals surface area contributed by atoms with E-state index < -0.39 is 6.83 Å². The number of ether oxygens (including phenoxy) is 1. The number of hydrogen-bond donors (Lipinski definition) is 1. The molecule has 0 aliphatic heterocycles. The summed E-state index contributed by atoms with van der Waals surface area (Å²) in [6.07, 6.45) is 0.254. The number of rotatable bonds is 5. The predicted octanol–water partition coefficient (Wildman–Crippen LogP) is 3.03. The van der Waals surface area contributed by atoms with E-state index in [0.29, 0.717) is 0 Å². The Morgan fingerprint density at radius 1 is 0.652 bits per heavy atom. The minimum absolute atomic E-state index is 0.254. The first-order valence-corrected chi connectivity index (χ1v) is 9.99. The summed E-state index contributed by atoms with van der Waals surface area (Å²) in [7, 11) is 1.65. The normalized spacial score (nSPS) is 13.2. The molecule has 118 valence electrons. The van der Waals surface area contributed by atoms with Crippen molar-refractivity contribution in [2.45, 2.75) is 0 Å². The Kier molecular flexibility index (Phi) is 4.32. The summed E-state index contributed by atoms with van der Waals surface area (Å²) in [5.41, 5.74) is 0. The summed E-state index contributed by atoms with van der Waals surface area (Å²) in [5.74, 6) is 0. The van der Waals surface area contributed by atoms with Crippen molar-refractivity contribution in [3.05, 3.63) is 91.0 Å². The van der Waals surface area contributed by atoms with Gasteiger partial charge in [-0.2, -0.15) is 0 Å². The molecule has 23 heavy (non-hydrogen) atoms. The Morgan fingerprint density at radius 3 is 1.22 bits per heavy atom. The van der Waals surface area contributed by atoms with Gasteiger partial charge in [0.25, 0.3) is 0 Å². The van der Waals surface area contributed by atoms with E-state index in [1.807, 2.05) is 91.0 Å². The summed E-state index contributed by atoms with van der Waals surface area (Å²) >= 11 is 0. The van der Waals surface area contributed by atoms with Crippen LogP contribution in [-0.4, -0.2) is 18.4 Å². The Morgan fingerprint density at radius 2 is 0.957 bits per heavy atom. The first-order chi connectivity index (χ1) is 11.2. The molecule has 0 fully saturated rings. The van der Waals surface area contributed by atoms with Gasteiger partial charge in [-0.15, -0.1) is 0 Å². The van der Waals surface area contributed by atoms with Gasteiger partial charge in [0.1, 0.15) is 0 Å². The van der Waals surface area contributed by atoms with E-state index in [1.54, 1.807) is 7.11 Å². The van der Waals surface area contributed by atoms with E-state index in [4.69, 9.17) is 4.74 Å². The Hall–Kier alpha value is -1.99. The zero-order valence-electron chi connectivity index (χ0n) is 13.2. The number of methoxy groups -OCH3 is 1. The van der Waals surface area contributed by atoms with Crippen LogP contribution in [0.3, 0.4) is 0 Å². The molecule has 0 aromatic heterocycles. The summed E-state index contributed by atoms with van der Waals surface area (Å²) in [6, 6.07) is 29.7. The van der Waals surface area contributed by atoms with Crippen molar-refractivity contribution < 1.29 is 9.63 Å². The molecule has 3 rings (SSSR count). The van der Waals surface area contributed by atoms with Crippen molar-refractivity contribution in [3.63, 3.8) is 0 Å². The molecule has 0 heterocycles. The van der Waals surface area contributed by atoms with Crippen LogP contribution in [0.25, 0.3) is 0 Å². The van der Waals surface area contributed by atoms with E-state index in [9.17, 15) is 4.89 Å². The topological polar surface area (TPSA) is 29.5 Å². The number of benzene rings is 3. The molecule has 0 aliphatic rings. The Balaban J connectivity index is 2.41. The van der Waals surface area contributed by atoms with Gasteiger partial charge in [0, 0.05) is 0 Å². The molecule has 0 unspecified atom stereocenters. The quantitative estimate of drug-likeness (QED) is 0.731. The van der Waals surface area contributed by atoms with Crippen molar-refractivity contribution in [1.82, 2.24) is 0 Å². The summed E-state index contributed by atoms with van der Waals surface area (Å²) in [5, 5.41) is 2.74. The zero-order chi connectivity index (χ0) is 16.2. The SMILES string of the molecule is COCP(O)(c1ccccc1)(c1ccccc1)c1ccccc1. The molecule has 0 saturated carbocycles. The fourth-order valence-electron chi connectivity index (χ4n) is 3.17. The van der Waals surface area contributed by atoms with Crippen LogP contribution < -0.4 is 15.9 Å². The molecule has 0 atom stereocenters. The molecule has 0 amide bonds. The van der Waals surface area contributed by atoms with E-state index in [0.717, 1.165) is 15.9 Å². The van der Waals surface area contributed by atoms with Gasteiger partial charge in [0.05, 0.1) is 0 Å². The van der Waals surface area contributed by atoms with Crippen LogP contribution in [0, 0.1) is 0 Å². The fraction of sp³-hybridized carbons (Fsp3) is 0.100. The predicted molar refractivity (Wildman–Crippen MR) is 99.2 cm³/mol. The first kappa shape index (κ1) is 15.9. The zero-order valence-corrected chi connectivity index (χ0v) is 14.1. The third kappa shape index (κ3) is 2.49. The van der Waals surface area contributed by atoms with Crippen LogP contribution in [0.1, 0.15) is 0 Å². The van der Waals surface area contributed by atoms with E-state index in [-0.39, 0.29) is 6.35 Å². The van der Waals surface area contributed by atoms with Crippen molar-refractivity contribution >= 4 is 22.7 Å². The van der Waals surface area contributed by atoms with Gasteiger partial charge in [-0.25, -0.2) is 0 Å². The molecule has 1 N–H and O–H groups in total. The number of hydrogen-bond acceptors (Lipinski definition) is 2. The first-order valence-electron chi connectivity index (χ1n) is 7.62. The van der Waals surface area contributed by atoms with Gasteiger partial charge >= 0.3 is 137 Å². The average molecular weight is 324 g/mol. The molecule has 0 radical (unpaired) electrons. The molecular weight excluding hydrogens is 303 g/mol. The van der Waals surface area contributed by atoms with Gasteiger partial charge in [0.2, 0.25) is 0 Å². The second-order valence-corrected chi connectivity index (χ2v) is 9.99. The average Bonchev–Trinajstić information content (AvgIpc) is 2.64. The second-order valence-electron chi connectivity index (χ2n) is 5.68. The third-order valence-electron chi connectivity index (χ3n) is 4.32. The molecule has 0 spiro atoms. The van der Waals surface area contributed by atoms with Gasteiger partial charge in [-0.1, -0.05) is 0 Å². The molecular formula is C20H21O2P. The van der Waals surface area contributed by atoms with Crippen LogP contribution in [0.5, 0.6) is 0 Å². The van der Waals surface area contributed by atoms with E-state index in [2.05, 4.69) is 0 Å². The van der Waals surface area contributed by atoms with Crippen molar-refractivity contribution in [2.75, 3.05) is 13.5 Å². The monoisotopic (exact) mass is 324 g/mol. The Labute approximate surface area is 137 Å².